The monoisotopic (exact) mass is 500 g/mol. The summed E-state index contributed by atoms with van der Waals surface area (Å²) in [5, 5.41) is 11.2. The van der Waals surface area contributed by atoms with E-state index in [1.807, 2.05) is 43.3 Å². The molecule has 0 aromatic heterocycles. The largest absolute Gasteiger partial charge is 0.427 e. The minimum absolute atomic E-state index is 0.00630. The number of fused-ring (bicyclic) bond motifs is 2. The maximum atomic E-state index is 13.6. The number of nitrogens with zero attached hydrogens (tertiary/aromatic N) is 3. The van der Waals surface area contributed by atoms with E-state index in [2.05, 4.69) is 5.32 Å². The lowest BCUT2D eigenvalue weighted by Crippen LogP contribution is -2.47. The number of imide groups is 1. The predicted octanol–water partition coefficient (Wildman–Crippen LogP) is 2.89. The van der Waals surface area contributed by atoms with Crippen LogP contribution in [0.15, 0.2) is 48.5 Å². The van der Waals surface area contributed by atoms with Crippen LogP contribution in [-0.4, -0.2) is 52.7 Å². The lowest BCUT2D eigenvalue weighted by molar-refractivity contribution is -0.143. The van der Waals surface area contributed by atoms with Crippen molar-refractivity contribution in [3.63, 3.8) is 0 Å². The number of carbonyl (C=O) groups excluding carboxylic acids is 4. The number of amides is 4. The van der Waals surface area contributed by atoms with Gasteiger partial charge in [-0.2, -0.15) is 5.26 Å². The van der Waals surface area contributed by atoms with Gasteiger partial charge < -0.3 is 15.0 Å². The second-order valence-electron chi connectivity index (χ2n) is 9.88. The van der Waals surface area contributed by atoms with Crippen molar-refractivity contribution in [3.05, 3.63) is 70.8 Å². The van der Waals surface area contributed by atoms with Crippen molar-refractivity contribution in [1.29, 1.82) is 5.26 Å². The van der Waals surface area contributed by atoms with Crippen molar-refractivity contribution in [2.45, 2.75) is 50.8 Å². The highest BCUT2D eigenvalue weighted by Crippen LogP contribution is 2.45. The van der Waals surface area contributed by atoms with Gasteiger partial charge in [-0.15, -0.1) is 0 Å². The van der Waals surface area contributed by atoms with Gasteiger partial charge in [0.25, 0.3) is 11.8 Å². The van der Waals surface area contributed by atoms with E-state index in [1.54, 1.807) is 23.1 Å². The molecular formula is C28H28N4O5. The average molecular weight is 501 g/mol. The Balaban J connectivity index is 1.34. The third-order valence-corrected chi connectivity index (χ3v) is 7.55. The number of aryl methyl sites for hydroxylation is 1. The molecule has 9 heteroatoms. The van der Waals surface area contributed by atoms with E-state index in [1.165, 1.54) is 0 Å². The molecule has 9 nitrogen and oxygen atoms in total. The minimum Gasteiger partial charge on any atom is -0.427 e. The highest BCUT2D eigenvalue weighted by Gasteiger charge is 2.58. The van der Waals surface area contributed by atoms with E-state index < -0.39 is 23.5 Å². The topological polar surface area (TPSA) is 120 Å². The maximum Gasteiger partial charge on any atom is 0.418 e. The Morgan fingerprint density at radius 2 is 1.97 bits per heavy atom. The molecule has 0 bridgehead atoms. The fourth-order valence-electron chi connectivity index (χ4n) is 5.31. The summed E-state index contributed by atoms with van der Waals surface area (Å²) in [6.45, 7) is 1.92. The zero-order valence-corrected chi connectivity index (χ0v) is 20.6. The fourth-order valence-corrected chi connectivity index (χ4v) is 5.31. The Bertz CT molecular complexity index is 1300. The molecule has 190 valence electrons. The van der Waals surface area contributed by atoms with Gasteiger partial charge in [-0.3, -0.25) is 14.4 Å². The van der Waals surface area contributed by atoms with E-state index in [9.17, 15) is 19.2 Å². The van der Waals surface area contributed by atoms with Crippen molar-refractivity contribution >= 4 is 23.8 Å². The Labute approximate surface area is 215 Å². The Morgan fingerprint density at radius 1 is 1.22 bits per heavy atom. The number of carbonyl (C=O) groups is 4. The van der Waals surface area contributed by atoms with Gasteiger partial charge >= 0.3 is 6.09 Å². The van der Waals surface area contributed by atoms with Gasteiger partial charge in [0.05, 0.1) is 6.07 Å². The highest BCUT2D eigenvalue weighted by molar-refractivity contribution is 6.06. The molecule has 2 aromatic carbocycles. The van der Waals surface area contributed by atoms with Crippen molar-refractivity contribution in [3.8, 4) is 6.07 Å². The fraction of sp³-hybridized carbons (Fsp3) is 0.393. The number of ether oxygens (including phenoxy) is 1. The second kappa shape index (κ2) is 9.69. The van der Waals surface area contributed by atoms with Crippen LogP contribution in [0.5, 0.6) is 0 Å². The van der Waals surface area contributed by atoms with E-state index >= 15 is 0 Å². The van der Waals surface area contributed by atoms with Crippen LogP contribution < -0.4 is 5.32 Å². The van der Waals surface area contributed by atoms with Crippen molar-refractivity contribution in [2.24, 2.45) is 5.92 Å². The normalized spacial score (nSPS) is 20.8. The number of nitriles is 1. The molecule has 1 aliphatic heterocycles. The molecule has 5 rings (SSSR count). The van der Waals surface area contributed by atoms with Gasteiger partial charge in [0.1, 0.15) is 13.1 Å². The number of hydrogen-bond acceptors (Lipinski definition) is 6. The van der Waals surface area contributed by atoms with Crippen LogP contribution in [0.25, 0.3) is 0 Å². The SMILES string of the molecule is C[C@@H](C1CC1)N(Cc1ccccc1)C(=O)CN1C(=O)O[C@@]2(CCc3cc(C(=O)NCC#N)ccc32)C1=O. The average Bonchev–Trinajstić information content (AvgIpc) is 3.66. The third-order valence-electron chi connectivity index (χ3n) is 7.55. The molecule has 0 unspecified atom stereocenters. The van der Waals surface area contributed by atoms with Crippen molar-refractivity contribution in [1.82, 2.24) is 15.1 Å². The Morgan fingerprint density at radius 3 is 2.68 bits per heavy atom. The summed E-state index contributed by atoms with van der Waals surface area (Å²) < 4.78 is 5.67. The quantitative estimate of drug-likeness (QED) is 0.557. The summed E-state index contributed by atoms with van der Waals surface area (Å²) in [6.07, 6.45) is 1.96. The first-order chi connectivity index (χ1) is 17.8. The Hall–Kier alpha value is -4.19. The summed E-state index contributed by atoms with van der Waals surface area (Å²) in [5.41, 5.74) is 1.12. The van der Waals surface area contributed by atoms with Crippen LogP contribution in [0.2, 0.25) is 0 Å². The van der Waals surface area contributed by atoms with Gasteiger partial charge in [0.2, 0.25) is 11.5 Å². The van der Waals surface area contributed by atoms with Crippen LogP contribution in [0.1, 0.15) is 53.2 Å². The zero-order chi connectivity index (χ0) is 26.2. The first-order valence-corrected chi connectivity index (χ1v) is 12.5. The molecule has 37 heavy (non-hydrogen) atoms. The minimum atomic E-state index is -1.49. The van der Waals surface area contributed by atoms with E-state index in [0.717, 1.165) is 28.9 Å². The molecule has 2 aliphatic carbocycles. The van der Waals surface area contributed by atoms with Crippen LogP contribution in [0, 0.1) is 17.2 Å². The zero-order valence-electron chi connectivity index (χ0n) is 20.6. The summed E-state index contributed by atoms with van der Waals surface area (Å²) >= 11 is 0. The third kappa shape index (κ3) is 4.55. The van der Waals surface area contributed by atoms with E-state index in [4.69, 9.17) is 10.00 Å². The first-order valence-electron chi connectivity index (χ1n) is 12.5. The number of hydrogen-bond donors (Lipinski definition) is 1. The van der Waals surface area contributed by atoms with Gasteiger partial charge in [-0.1, -0.05) is 36.4 Å². The number of benzene rings is 2. The van der Waals surface area contributed by atoms with Gasteiger partial charge in [0, 0.05) is 30.1 Å². The second-order valence-corrected chi connectivity index (χ2v) is 9.88. The molecule has 2 aromatic rings. The smallest absolute Gasteiger partial charge is 0.418 e. The van der Waals surface area contributed by atoms with E-state index in [0.29, 0.717) is 30.0 Å². The van der Waals surface area contributed by atoms with Crippen LogP contribution in [-0.2, 0) is 32.9 Å². The van der Waals surface area contributed by atoms with Crippen LogP contribution in [0.4, 0.5) is 4.79 Å². The Kier molecular flexibility index (Phi) is 6.42. The molecule has 1 saturated heterocycles. The summed E-state index contributed by atoms with van der Waals surface area (Å²) in [5.74, 6) is -0.824. The summed E-state index contributed by atoms with van der Waals surface area (Å²) in [7, 11) is 0. The summed E-state index contributed by atoms with van der Waals surface area (Å²) in [6, 6.07) is 16.3. The van der Waals surface area contributed by atoms with E-state index in [-0.39, 0.29) is 31.5 Å². The van der Waals surface area contributed by atoms with Gasteiger partial charge in [-0.05, 0) is 55.4 Å². The molecule has 0 radical (unpaired) electrons. The van der Waals surface area contributed by atoms with Gasteiger partial charge in [0.15, 0.2) is 0 Å². The lowest BCUT2D eigenvalue weighted by Gasteiger charge is -2.30. The molecule has 3 aliphatic rings. The molecule has 2 fully saturated rings. The number of rotatable bonds is 8. The lowest BCUT2D eigenvalue weighted by atomic mass is 9.94. The molecular weight excluding hydrogens is 472 g/mol. The summed E-state index contributed by atoms with van der Waals surface area (Å²) in [4.78, 5) is 54.9. The first kappa shape index (κ1) is 24.5. The van der Waals surface area contributed by atoms with Gasteiger partial charge in [-0.25, -0.2) is 9.69 Å². The molecule has 4 amide bonds. The molecule has 1 N–H and O–H groups in total. The molecule has 1 spiro atoms. The molecule has 1 saturated carbocycles. The van der Waals surface area contributed by atoms with Crippen molar-refractivity contribution < 1.29 is 23.9 Å². The maximum absolute atomic E-state index is 13.6. The number of nitrogens with one attached hydrogen (secondary N) is 1. The highest BCUT2D eigenvalue weighted by atomic mass is 16.6. The predicted molar refractivity (Wildman–Crippen MR) is 132 cm³/mol. The van der Waals surface area contributed by atoms with Crippen LogP contribution in [0.3, 0.4) is 0 Å². The molecule has 2 atom stereocenters. The van der Waals surface area contributed by atoms with Crippen LogP contribution >= 0.6 is 0 Å². The molecule has 1 heterocycles. The van der Waals surface area contributed by atoms with Crippen molar-refractivity contribution in [2.75, 3.05) is 13.1 Å². The standard InChI is InChI=1S/C28H28N4O5/c1-18(20-7-8-20)31(16-19-5-3-2-4-6-19)24(33)17-32-26(35)28(37-27(32)36)12-11-21-15-22(9-10-23(21)28)25(34)30-14-13-29/h2-6,9-10,15,18,20H,7-8,11-12,14,16-17H2,1H3,(H,30,34)/t18-,28+/m0/s1.